The number of hydrogen-bond donors (Lipinski definition) is 2. The van der Waals surface area contributed by atoms with Crippen molar-refractivity contribution in [3.8, 4) is 0 Å². The Bertz CT molecular complexity index is 279. The molecule has 1 aliphatic rings. The second-order valence-electron chi connectivity index (χ2n) is 2.55. The zero-order chi connectivity index (χ0) is 8.01. The summed E-state index contributed by atoms with van der Waals surface area (Å²) in [7, 11) is 1.88. The highest BCUT2D eigenvalue weighted by atomic mass is 15.8. The van der Waals surface area contributed by atoms with Gasteiger partial charge in [0.2, 0.25) is 5.95 Å². The van der Waals surface area contributed by atoms with Gasteiger partial charge in [0.25, 0.3) is 0 Å². The van der Waals surface area contributed by atoms with Gasteiger partial charge >= 0.3 is 0 Å². The molecule has 0 aromatic carbocycles. The van der Waals surface area contributed by atoms with E-state index in [4.69, 9.17) is 11.6 Å². The first-order valence-corrected chi connectivity index (χ1v) is 3.27. The van der Waals surface area contributed by atoms with Crippen molar-refractivity contribution in [1.82, 2.24) is 14.6 Å². The molecule has 0 saturated carbocycles. The van der Waals surface area contributed by atoms with E-state index >= 15 is 0 Å². The van der Waals surface area contributed by atoms with E-state index in [2.05, 4.69) is 4.98 Å². The number of rotatable bonds is 0. The molecule has 0 unspecified atom stereocenters. The molecule has 0 amide bonds. The number of nitrogens with two attached hydrogens (primary N) is 2. The molecule has 0 aliphatic carbocycles. The SMILES string of the molecule is CN1Cn2c(cnc2N)N1N. The van der Waals surface area contributed by atoms with Gasteiger partial charge in [-0.25, -0.2) is 15.9 Å². The van der Waals surface area contributed by atoms with Crippen LogP contribution in [-0.4, -0.2) is 21.6 Å². The van der Waals surface area contributed by atoms with E-state index in [1.165, 1.54) is 5.12 Å². The Balaban J connectivity index is 2.47. The van der Waals surface area contributed by atoms with Crippen molar-refractivity contribution >= 4 is 11.8 Å². The van der Waals surface area contributed by atoms with Crippen LogP contribution >= 0.6 is 0 Å². The van der Waals surface area contributed by atoms with Crippen molar-refractivity contribution in [2.24, 2.45) is 5.84 Å². The van der Waals surface area contributed by atoms with E-state index in [1.54, 1.807) is 6.20 Å². The van der Waals surface area contributed by atoms with Gasteiger partial charge in [-0.15, -0.1) is 0 Å². The fourth-order valence-corrected chi connectivity index (χ4v) is 1.16. The minimum atomic E-state index is 0.500. The van der Waals surface area contributed by atoms with Gasteiger partial charge in [0.1, 0.15) is 0 Å². The lowest BCUT2D eigenvalue weighted by atomic mass is 10.7. The van der Waals surface area contributed by atoms with Crippen LogP contribution in [0.3, 0.4) is 0 Å². The van der Waals surface area contributed by atoms with Crippen molar-refractivity contribution < 1.29 is 0 Å². The molecule has 2 rings (SSSR count). The molecule has 1 aliphatic heterocycles. The first-order valence-electron chi connectivity index (χ1n) is 3.27. The summed E-state index contributed by atoms with van der Waals surface area (Å²) in [5.74, 6) is 6.97. The molecule has 2 heterocycles. The molecule has 1 aromatic rings. The normalized spacial score (nSPS) is 17.5. The molecule has 0 radical (unpaired) electrons. The molecule has 11 heavy (non-hydrogen) atoms. The van der Waals surface area contributed by atoms with E-state index in [0.717, 1.165) is 5.82 Å². The quantitative estimate of drug-likeness (QED) is 0.467. The lowest BCUT2D eigenvalue weighted by Gasteiger charge is -2.17. The zero-order valence-corrected chi connectivity index (χ0v) is 6.23. The average Bonchev–Trinajstić information content (AvgIpc) is 2.43. The summed E-state index contributed by atoms with van der Waals surface area (Å²) < 4.78 is 1.83. The topological polar surface area (TPSA) is 76.3 Å². The summed E-state index contributed by atoms with van der Waals surface area (Å²) in [6, 6.07) is 0. The van der Waals surface area contributed by atoms with Crippen LogP contribution in [0, 0.1) is 0 Å². The van der Waals surface area contributed by atoms with Gasteiger partial charge in [0, 0.05) is 7.05 Å². The van der Waals surface area contributed by atoms with E-state index in [0.29, 0.717) is 12.6 Å². The lowest BCUT2D eigenvalue weighted by molar-refractivity contribution is 0.296. The molecule has 6 heteroatoms. The van der Waals surface area contributed by atoms with Crippen LogP contribution in [0.2, 0.25) is 0 Å². The van der Waals surface area contributed by atoms with E-state index in [-0.39, 0.29) is 0 Å². The van der Waals surface area contributed by atoms with Gasteiger partial charge in [-0.2, -0.15) is 5.01 Å². The fourth-order valence-electron chi connectivity index (χ4n) is 1.16. The third-order valence-electron chi connectivity index (χ3n) is 1.81. The largest absolute Gasteiger partial charge is 0.369 e. The Kier molecular flexibility index (Phi) is 1.09. The number of hydrogen-bond acceptors (Lipinski definition) is 5. The van der Waals surface area contributed by atoms with Crippen LogP contribution in [0.25, 0.3) is 0 Å². The van der Waals surface area contributed by atoms with E-state index in [9.17, 15) is 0 Å². The third-order valence-corrected chi connectivity index (χ3v) is 1.81. The van der Waals surface area contributed by atoms with Gasteiger partial charge in [-0.05, 0) is 0 Å². The van der Waals surface area contributed by atoms with Crippen molar-refractivity contribution in [1.29, 1.82) is 0 Å². The Labute approximate surface area is 63.9 Å². The summed E-state index contributed by atoms with van der Waals surface area (Å²) in [4.78, 5) is 3.92. The molecule has 6 nitrogen and oxygen atoms in total. The zero-order valence-electron chi connectivity index (χ0n) is 6.23. The van der Waals surface area contributed by atoms with Crippen molar-refractivity contribution in [3.05, 3.63) is 6.20 Å². The third kappa shape index (κ3) is 0.702. The average molecular weight is 154 g/mol. The van der Waals surface area contributed by atoms with Crippen molar-refractivity contribution in [2.45, 2.75) is 6.67 Å². The van der Waals surface area contributed by atoms with Gasteiger partial charge in [0.15, 0.2) is 5.82 Å². The monoisotopic (exact) mass is 154 g/mol. The highest BCUT2D eigenvalue weighted by Crippen LogP contribution is 2.22. The summed E-state index contributed by atoms with van der Waals surface area (Å²) in [5, 5.41) is 3.36. The van der Waals surface area contributed by atoms with Crippen LogP contribution < -0.4 is 16.7 Å². The number of anilines is 2. The maximum Gasteiger partial charge on any atom is 0.203 e. The number of imidazole rings is 1. The summed E-state index contributed by atoms with van der Waals surface area (Å²) in [5.41, 5.74) is 5.56. The molecular weight excluding hydrogens is 144 g/mol. The highest BCUT2D eigenvalue weighted by molar-refractivity contribution is 5.44. The minimum Gasteiger partial charge on any atom is -0.369 e. The van der Waals surface area contributed by atoms with E-state index in [1.807, 2.05) is 16.6 Å². The van der Waals surface area contributed by atoms with Gasteiger partial charge in [-0.1, -0.05) is 0 Å². The maximum absolute atomic E-state index is 5.65. The number of aromatic nitrogens is 2. The molecular formula is C5H10N6. The maximum atomic E-state index is 5.65. The molecule has 60 valence electrons. The summed E-state index contributed by atoms with van der Waals surface area (Å²) >= 11 is 0. The van der Waals surface area contributed by atoms with Gasteiger partial charge < -0.3 is 5.73 Å². The number of fused-ring (bicyclic) bond motifs is 1. The molecule has 0 spiro atoms. The smallest absolute Gasteiger partial charge is 0.203 e. The molecule has 4 N–H and O–H groups in total. The lowest BCUT2D eigenvalue weighted by Crippen LogP contribution is -2.40. The van der Waals surface area contributed by atoms with E-state index < -0.39 is 0 Å². The molecule has 0 atom stereocenters. The second-order valence-corrected chi connectivity index (χ2v) is 2.55. The van der Waals surface area contributed by atoms with Crippen LogP contribution in [-0.2, 0) is 6.67 Å². The predicted molar refractivity (Wildman–Crippen MR) is 41.1 cm³/mol. The first-order chi connectivity index (χ1) is 5.20. The standard InChI is InChI=1S/C5H10N6/c1-9-3-10-4(11(9)7)2-8-5(10)6/h2H,3,7H2,1H3,(H2,6,8). The second kappa shape index (κ2) is 1.86. The number of hydrazine groups is 2. The van der Waals surface area contributed by atoms with Crippen LogP contribution in [0.15, 0.2) is 6.20 Å². The molecule has 1 aromatic heterocycles. The Morgan fingerprint density at radius 2 is 2.36 bits per heavy atom. The first kappa shape index (κ1) is 6.44. The summed E-state index contributed by atoms with van der Waals surface area (Å²) in [6.45, 7) is 0.664. The molecule has 0 bridgehead atoms. The van der Waals surface area contributed by atoms with Gasteiger partial charge in [-0.3, -0.25) is 4.57 Å². The van der Waals surface area contributed by atoms with Crippen LogP contribution in [0.4, 0.5) is 11.8 Å². The van der Waals surface area contributed by atoms with Gasteiger partial charge in [0.05, 0.1) is 12.9 Å². The fraction of sp³-hybridized carbons (Fsp3) is 0.400. The predicted octanol–water partition coefficient (Wildman–Crippen LogP) is -1.04. The number of nitrogens with zero attached hydrogens (tertiary/aromatic N) is 4. The Morgan fingerprint density at radius 1 is 1.64 bits per heavy atom. The van der Waals surface area contributed by atoms with Crippen molar-refractivity contribution in [2.75, 3.05) is 17.9 Å². The molecule has 0 fully saturated rings. The minimum absolute atomic E-state index is 0.500. The summed E-state index contributed by atoms with van der Waals surface area (Å²) in [6.07, 6.45) is 1.65. The Morgan fingerprint density at radius 3 is 3.00 bits per heavy atom. The van der Waals surface area contributed by atoms with Crippen LogP contribution in [0.5, 0.6) is 0 Å². The highest BCUT2D eigenvalue weighted by Gasteiger charge is 2.23. The van der Waals surface area contributed by atoms with Crippen molar-refractivity contribution in [3.63, 3.8) is 0 Å². The van der Waals surface area contributed by atoms with Crippen LogP contribution in [0.1, 0.15) is 0 Å². The Hall–Kier alpha value is -1.27. The molecule has 0 saturated heterocycles. The number of nitrogen functional groups attached to an aromatic ring is 1.